The van der Waals surface area contributed by atoms with Crippen LogP contribution in [0.4, 0.5) is 11.4 Å². The Morgan fingerprint density at radius 3 is 1.38 bits per heavy atom. The monoisotopic (exact) mass is 668 g/mol. The van der Waals surface area contributed by atoms with Crippen LogP contribution >= 0.6 is 0 Å². The first kappa shape index (κ1) is 31.8. The molecule has 2 amide bonds. The molecule has 0 radical (unpaired) electrons. The van der Waals surface area contributed by atoms with E-state index in [0.717, 1.165) is 38.5 Å². The molecule has 2 saturated carbocycles. The summed E-state index contributed by atoms with van der Waals surface area (Å²) in [4.78, 5) is 52.2. The summed E-state index contributed by atoms with van der Waals surface area (Å²) in [5.41, 5.74) is -2.88. The Balaban J connectivity index is 0.914. The molecule has 1 aromatic carbocycles. The van der Waals surface area contributed by atoms with E-state index in [9.17, 15) is 9.59 Å². The first-order valence-electron chi connectivity index (χ1n) is 17.9. The van der Waals surface area contributed by atoms with Gasteiger partial charge < -0.3 is 29.6 Å². The molecule has 12 nitrogen and oxygen atoms in total. The molecule has 0 aromatic heterocycles. The molecule has 0 unspecified atom stereocenters. The number of hydrogen-bond acceptors (Lipinski definition) is 10. The van der Waals surface area contributed by atoms with Crippen LogP contribution in [0.3, 0.4) is 0 Å². The maximum Gasteiger partial charge on any atom is 0.256 e. The number of fused-ring (bicyclic) bond motifs is 4. The standard InChI is InChI=1S/C36H48N2O10/c1-19-7-13-25-33(5,43-29-35(25)23(19)15-17-31(3,41-29)45-47-35)27(39)37-21-9-11-22(12-10-21)38-28(40)34(6)26-14-8-20(2)24-16-18-32(4)42-30(44-34)36(24,26)48-46-32/h9-12,19-20,23-26,29-30H,7-8,13-18H2,1-6H3,(H,37,39)(H,38,40)/t19-,20-,23+,24+,25+,26+,29+,30+,31-,32-,33+,34+,35-,36-/m1/s1. The van der Waals surface area contributed by atoms with Gasteiger partial charge in [-0.2, -0.15) is 0 Å². The number of carbonyl (C=O) groups excluding carboxylic acids is 2. The van der Waals surface area contributed by atoms with Crippen LogP contribution in [0.25, 0.3) is 0 Å². The third-order valence-electron chi connectivity index (χ3n) is 13.8. The Hall–Kier alpha value is -2.16. The summed E-state index contributed by atoms with van der Waals surface area (Å²) >= 11 is 0. The number of nitrogens with one attached hydrogen (secondary N) is 2. The Labute approximate surface area is 281 Å². The average Bonchev–Trinajstić information content (AvgIpc) is 3.18. The molecule has 14 atom stereocenters. The molecule has 8 saturated heterocycles. The molecule has 12 heteroatoms. The summed E-state index contributed by atoms with van der Waals surface area (Å²) in [5.74, 6) is -1.71. The minimum atomic E-state index is -1.19. The van der Waals surface area contributed by atoms with E-state index in [1.807, 2.05) is 27.7 Å². The second-order valence-electron chi connectivity index (χ2n) is 16.6. The number of benzene rings is 1. The third-order valence-corrected chi connectivity index (χ3v) is 13.8. The minimum absolute atomic E-state index is 0.161. The highest BCUT2D eigenvalue weighted by Gasteiger charge is 2.77. The number of anilines is 2. The van der Waals surface area contributed by atoms with Crippen molar-refractivity contribution in [3.8, 4) is 0 Å². The SMILES string of the molecule is C[C@@H]1CC[C@@H]2[C@]34OO[C@](C)(CC[C@@H]13)O[C@H]4O[C@]2(C)C(=O)Nc1ccc(NC(=O)[C@@]2(C)O[C@@H]3O[C@@]4(C)CC[C@H]5[C@H](C)CC[C@@H]2[C@@]35OO4)cc1. The van der Waals surface area contributed by atoms with E-state index in [-0.39, 0.29) is 35.5 Å². The molecule has 48 heavy (non-hydrogen) atoms. The summed E-state index contributed by atoms with van der Waals surface area (Å²) in [5, 5.41) is 6.13. The van der Waals surface area contributed by atoms with Crippen molar-refractivity contribution in [2.24, 2.45) is 35.5 Å². The molecular formula is C36H48N2O10. The van der Waals surface area contributed by atoms with Gasteiger partial charge >= 0.3 is 0 Å². The van der Waals surface area contributed by atoms with Crippen molar-refractivity contribution in [3.63, 3.8) is 0 Å². The van der Waals surface area contributed by atoms with E-state index in [4.69, 9.17) is 38.5 Å². The van der Waals surface area contributed by atoms with Crippen LogP contribution in [0.1, 0.15) is 92.9 Å². The molecule has 11 rings (SSSR count). The van der Waals surface area contributed by atoms with Crippen molar-refractivity contribution in [2.75, 3.05) is 10.6 Å². The number of carbonyl (C=O) groups is 2. The van der Waals surface area contributed by atoms with Gasteiger partial charge in [0.15, 0.2) is 35.0 Å². The fourth-order valence-corrected chi connectivity index (χ4v) is 11.0. The lowest BCUT2D eigenvalue weighted by Crippen LogP contribution is -2.62. The van der Waals surface area contributed by atoms with E-state index < -0.39 is 46.6 Å². The zero-order chi connectivity index (χ0) is 33.5. The second kappa shape index (κ2) is 10.2. The lowest BCUT2D eigenvalue weighted by atomic mass is 9.59. The van der Waals surface area contributed by atoms with Crippen LogP contribution in [0.15, 0.2) is 24.3 Å². The van der Waals surface area contributed by atoms with Gasteiger partial charge in [-0.3, -0.25) is 9.59 Å². The van der Waals surface area contributed by atoms with Crippen LogP contribution < -0.4 is 10.6 Å². The Kier molecular flexibility index (Phi) is 6.77. The average molecular weight is 669 g/mol. The van der Waals surface area contributed by atoms with E-state index in [1.165, 1.54) is 0 Å². The molecule has 2 N–H and O–H groups in total. The molecule has 262 valence electrons. The Morgan fingerprint density at radius 2 is 0.979 bits per heavy atom. The minimum Gasteiger partial charge on any atom is -0.333 e. The molecular weight excluding hydrogens is 620 g/mol. The smallest absolute Gasteiger partial charge is 0.256 e. The Morgan fingerprint density at radius 1 is 0.583 bits per heavy atom. The fraction of sp³-hybridized carbons (Fsp3) is 0.778. The summed E-state index contributed by atoms with van der Waals surface area (Å²) in [7, 11) is 0. The fourth-order valence-electron chi connectivity index (χ4n) is 11.0. The predicted molar refractivity (Wildman–Crippen MR) is 168 cm³/mol. The van der Waals surface area contributed by atoms with Gasteiger partial charge in [-0.1, -0.05) is 13.8 Å². The molecule has 4 bridgehead atoms. The number of ether oxygens (including phenoxy) is 4. The van der Waals surface area contributed by atoms with Gasteiger partial charge in [-0.05, 0) is 114 Å². The predicted octanol–water partition coefficient (Wildman–Crippen LogP) is 5.57. The van der Waals surface area contributed by atoms with Crippen LogP contribution in [0, 0.1) is 35.5 Å². The lowest BCUT2D eigenvalue weighted by molar-refractivity contribution is -0.541. The summed E-state index contributed by atoms with van der Waals surface area (Å²) in [6.45, 7) is 11.9. The van der Waals surface area contributed by atoms with Crippen molar-refractivity contribution in [1.82, 2.24) is 0 Å². The van der Waals surface area contributed by atoms with Gasteiger partial charge in [0, 0.05) is 36.1 Å². The maximum atomic E-state index is 14.0. The molecule has 1 aromatic rings. The van der Waals surface area contributed by atoms with E-state index in [2.05, 4.69) is 24.5 Å². The first-order valence-corrected chi connectivity index (χ1v) is 17.9. The molecule has 8 heterocycles. The zero-order valence-corrected chi connectivity index (χ0v) is 28.7. The van der Waals surface area contributed by atoms with Crippen molar-refractivity contribution in [3.05, 3.63) is 24.3 Å². The number of amides is 2. The van der Waals surface area contributed by atoms with Crippen molar-refractivity contribution >= 4 is 23.2 Å². The van der Waals surface area contributed by atoms with E-state index >= 15 is 0 Å². The lowest BCUT2D eigenvalue weighted by Gasteiger charge is -2.50. The van der Waals surface area contributed by atoms with Gasteiger partial charge in [0.25, 0.3) is 11.8 Å². The van der Waals surface area contributed by atoms with Crippen LogP contribution in [-0.2, 0) is 48.1 Å². The maximum absolute atomic E-state index is 14.0. The number of hydrogen-bond donors (Lipinski definition) is 2. The van der Waals surface area contributed by atoms with Crippen molar-refractivity contribution in [1.29, 1.82) is 0 Å². The summed E-state index contributed by atoms with van der Waals surface area (Å²) < 4.78 is 25.8. The van der Waals surface area contributed by atoms with Crippen molar-refractivity contribution < 1.29 is 48.1 Å². The first-order chi connectivity index (χ1) is 22.7. The topological polar surface area (TPSA) is 132 Å². The quantitative estimate of drug-likeness (QED) is 0.393. The molecule has 8 aliphatic heterocycles. The van der Waals surface area contributed by atoms with Gasteiger partial charge in [-0.25, -0.2) is 19.6 Å². The summed E-state index contributed by atoms with van der Waals surface area (Å²) in [6, 6.07) is 7.10. The highest BCUT2D eigenvalue weighted by atomic mass is 17.3. The molecule has 2 spiro atoms. The van der Waals surface area contributed by atoms with Crippen molar-refractivity contribution in [2.45, 2.75) is 139 Å². The largest absolute Gasteiger partial charge is 0.333 e. The van der Waals surface area contributed by atoms with Crippen LogP contribution in [0.2, 0.25) is 0 Å². The van der Waals surface area contributed by atoms with Gasteiger partial charge in [0.2, 0.25) is 11.6 Å². The summed E-state index contributed by atoms with van der Waals surface area (Å²) in [6.07, 6.45) is 5.28. The second-order valence-corrected chi connectivity index (χ2v) is 16.6. The molecule has 2 aliphatic carbocycles. The van der Waals surface area contributed by atoms with Gasteiger partial charge in [-0.15, -0.1) is 0 Å². The van der Waals surface area contributed by atoms with Crippen LogP contribution in [-0.4, -0.2) is 58.4 Å². The third kappa shape index (κ3) is 4.11. The zero-order valence-electron chi connectivity index (χ0n) is 28.7. The highest BCUT2D eigenvalue weighted by molar-refractivity contribution is 5.99. The highest BCUT2D eigenvalue weighted by Crippen LogP contribution is 2.65. The Bertz CT molecular complexity index is 1420. The number of rotatable bonds is 4. The van der Waals surface area contributed by atoms with E-state index in [1.54, 1.807) is 24.3 Å². The van der Waals surface area contributed by atoms with Gasteiger partial charge in [0.05, 0.1) is 0 Å². The van der Waals surface area contributed by atoms with Gasteiger partial charge in [0.1, 0.15) is 0 Å². The normalized spacial score (nSPS) is 53.0. The van der Waals surface area contributed by atoms with E-state index in [0.29, 0.717) is 36.1 Å². The van der Waals surface area contributed by atoms with Crippen LogP contribution in [0.5, 0.6) is 0 Å². The molecule has 10 fully saturated rings. The molecule has 10 aliphatic rings.